The molecule has 110 valence electrons. The number of piperidine rings is 1. The van der Waals surface area contributed by atoms with Crippen molar-refractivity contribution < 1.29 is 0 Å². The number of piperazine rings is 1. The highest BCUT2D eigenvalue weighted by atomic mass is 35.5. The number of halogens is 1. The van der Waals surface area contributed by atoms with Gasteiger partial charge in [-0.3, -0.25) is 4.90 Å². The van der Waals surface area contributed by atoms with Crippen LogP contribution in [0.4, 0.5) is 5.82 Å². The van der Waals surface area contributed by atoms with E-state index in [0.29, 0.717) is 11.2 Å². The molecule has 3 heterocycles. The van der Waals surface area contributed by atoms with Crippen molar-refractivity contribution in [2.75, 3.05) is 31.1 Å². The van der Waals surface area contributed by atoms with Gasteiger partial charge >= 0.3 is 0 Å². The molecule has 0 radical (unpaired) electrons. The highest BCUT2D eigenvalue weighted by Crippen LogP contribution is 2.29. The summed E-state index contributed by atoms with van der Waals surface area (Å²) in [5.74, 6) is 1.07. The van der Waals surface area contributed by atoms with Crippen LogP contribution in [0.3, 0.4) is 0 Å². The van der Waals surface area contributed by atoms with Crippen molar-refractivity contribution >= 4 is 17.4 Å². The Morgan fingerprint density at radius 2 is 2.15 bits per heavy atom. The van der Waals surface area contributed by atoms with Crippen LogP contribution in [-0.2, 0) is 6.42 Å². The summed E-state index contributed by atoms with van der Waals surface area (Å²) >= 11 is 6.28. The molecule has 2 aliphatic heterocycles. The number of anilines is 1. The predicted molar refractivity (Wildman–Crippen MR) is 82.5 cm³/mol. The Hall–Kier alpha value is -0.870. The molecule has 0 aromatic carbocycles. The molecule has 5 heteroatoms. The van der Waals surface area contributed by atoms with Gasteiger partial charge in [0.1, 0.15) is 17.3 Å². The number of rotatable bonds is 3. The number of fused-ring (bicyclic) bond motifs is 1. The van der Waals surface area contributed by atoms with Crippen molar-refractivity contribution in [1.82, 2.24) is 14.9 Å². The van der Waals surface area contributed by atoms with Gasteiger partial charge in [-0.25, -0.2) is 9.97 Å². The molecule has 20 heavy (non-hydrogen) atoms. The fourth-order valence-corrected chi connectivity index (χ4v) is 3.69. The second-order valence-electron chi connectivity index (χ2n) is 5.85. The maximum atomic E-state index is 6.28. The van der Waals surface area contributed by atoms with Crippen LogP contribution in [0.15, 0.2) is 6.33 Å². The van der Waals surface area contributed by atoms with Gasteiger partial charge < -0.3 is 4.90 Å². The molecule has 1 aromatic heterocycles. The first-order valence-electron chi connectivity index (χ1n) is 7.78. The average Bonchev–Trinajstić information content (AvgIpc) is 2.49. The zero-order valence-electron chi connectivity index (χ0n) is 12.2. The van der Waals surface area contributed by atoms with Gasteiger partial charge in [0.2, 0.25) is 0 Å². The molecule has 1 atom stereocenters. The maximum absolute atomic E-state index is 6.28. The van der Waals surface area contributed by atoms with Crippen LogP contribution >= 0.6 is 11.6 Å². The molecule has 0 N–H and O–H groups in total. The molecule has 0 spiro atoms. The summed E-state index contributed by atoms with van der Waals surface area (Å²) < 4.78 is 0. The van der Waals surface area contributed by atoms with E-state index in [1.54, 1.807) is 6.33 Å². The normalized spacial score (nSPS) is 23.7. The first-order valence-corrected chi connectivity index (χ1v) is 8.15. The molecule has 0 bridgehead atoms. The molecule has 0 aliphatic carbocycles. The SMILES string of the molecule is CCCc1c(Cl)ncnc1N1CCN2CCCCC2C1. The van der Waals surface area contributed by atoms with Crippen LogP contribution in [0.2, 0.25) is 5.15 Å². The summed E-state index contributed by atoms with van der Waals surface area (Å²) in [6, 6.07) is 0.695. The first kappa shape index (κ1) is 14.1. The van der Waals surface area contributed by atoms with Crippen molar-refractivity contribution in [2.45, 2.75) is 45.1 Å². The largest absolute Gasteiger partial charge is 0.353 e. The average molecular weight is 295 g/mol. The van der Waals surface area contributed by atoms with Crippen LogP contribution in [0.25, 0.3) is 0 Å². The van der Waals surface area contributed by atoms with Gasteiger partial charge in [0.15, 0.2) is 0 Å². The second kappa shape index (κ2) is 6.27. The minimum atomic E-state index is 0.628. The van der Waals surface area contributed by atoms with Crippen molar-refractivity contribution in [3.8, 4) is 0 Å². The minimum absolute atomic E-state index is 0.628. The lowest BCUT2D eigenvalue weighted by Crippen LogP contribution is -2.55. The molecule has 1 aromatic rings. The van der Waals surface area contributed by atoms with E-state index >= 15 is 0 Å². The summed E-state index contributed by atoms with van der Waals surface area (Å²) in [5, 5.41) is 0.628. The first-order chi connectivity index (χ1) is 9.79. The summed E-state index contributed by atoms with van der Waals surface area (Å²) in [4.78, 5) is 13.7. The lowest BCUT2D eigenvalue weighted by atomic mass is 9.99. The molecular formula is C15H23ClN4. The lowest BCUT2D eigenvalue weighted by molar-refractivity contribution is 0.133. The Bertz CT molecular complexity index is 465. The van der Waals surface area contributed by atoms with Gasteiger partial charge in [-0.05, 0) is 25.8 Å². The molecule has 2 saturated heterocycles. The van der Waals surface area contributed by atoms with E-state index in [2.05, 4.69) is 26.7 Å². The van der Waals surface area contributed by atoms with Gasteiger partial charge in [0.05, 0.1) is 0 Å². The van der Waals surface area contributed by atoms with Gasteiger partial charge in [-0.15, -0.1) is 0 Å². The summed E-state index contributed by atoms with van der Waals surface area (Å²) in [6.07, 6.45) is 7.67. The zero-order valence-corrected chi connectivity index (χ0v) is 12.9. The Balaban J connectivity index is 1.81. The van der Waals surface area contributed by atoms with Crippen LogP contribution in [0, 0.1) is 0 Å². The Morgan fingerprint density at radius 1 is 1.25 bits per heavy atom. The number of nitrogens with zero attached hydrogens (tertiary/aromatic N) is 4. The third-order valence-corrected chi connectivity index (χ3v) is 4.83. The summed E-state index contributed by atoms with van der Waals surface area (Å²) in [5.41, 5.74) is 1.13. The van der Waals surface area contributed by atoms with Crippen molar-refractivity contribution in [1.29, 1.82) is 0 Å². The van der Waals surface area contributed by atoms with E-state index < -0.39 is 0 Å². The standard InChI is InChI=1S/C15H23ClN4/c1-2-5-13-14(16)17-11-18-15(13)20-9-8-19-7-4-3-6-12(19)10-20/h11-12H,2-10H2,1H3. The van der Waals surface area contributed by atoms with Crippen molar-refractivity contribution in [2.24, 2.45) is 0 Å². The molecule has 1 unspecified atom stereocenters. The third-order valence-electron chi connectivity index (χ3n) is 4.51. The quantitative estimate of drug-likeness (QED) is 0.803. The van der Waals surface area contributed by atoms with Gasteiger partial charge in [0.25, 0.3) is 0 Å². The number of hydrogen-bond donors (Lipinski definition) is 0. The van der Waals surface area contributed by atoms with Crippen LogP contribution < -0.4 is 4.90 Å². The van der Waals surface area contributed by atoms with Crippen LogP contribution in [0.5, 0.6) is 0 Å². The van der Waals surface area contributed by atoms with E-state index in [1.165, 1.54) is 25.8 Å². The molecule has 4 nitrogen and oxygen atoms in total. The van der Waals surface area contributed by atoms with Crippen molar-refractivity contribution in [3.63, 3.8) is 0 Å². The second-order valence-corrected chi connectivity index (χ2v) is 6.21. The van der Waals surface area contributed by atoms with E-state index in [9.17, 15) is 0 Å². The molecule has 2 aliphatic rings. The van der Waals surface area contributed by atoms with Gasteiger partial charge in [-0.2, -0.15) is 0 Å². The topological polar surface area (TPSA) is 32.3 Å². The Morgan fingerprint density at radius 3 is 3.00 bits per heavy atom. The van der Waals surface area contributed by atoms with E-state index in [-0.39, 0.29) is 0 Å². The third kappa shape index (κ3) is 2.77. The molecular weight excluding hydrogens is 272 g/mol. The summed E-state index contributed by atoms with van der Waals surface area (Å²) in [6.45, 7) is 6.74. The van der Waals surface area contributed by atoms with E-state index in [4.69, 9.17) is 11.6 Å². The number of hydrogen-bond acceptors (Lipinski definition) is 4. The predicted octanol–water partition coefficient (Wildman–Crippen LogP) is 2.76. The van der Waals surface area contributed by atoms with E-state index in [0.717, 1.165) is 43.9 Å². The monoisotopic (exact) mass is 294 g/mol. The zero-order chi connectivity index (χ0) is 13.9. The fourth-order valence-electron chi connectivity index (χ4n) is 3.47. The minimum Gasteiger partial charge on any atom is -0.353 e. The molecule has 0 saturated carbocycles. The van der Waals surface area contributed by atoms with E-state index in [1.807, 2.05) is 0 Å². The lowest BCUT2D eigenvalue weighted by Gasteiger charge is -2.44. The summed E-state index contributed by atoms with van der Waals surface area (Å²) in [7, 11) is 0. The van der Waals surface area contributed by atoms with Crippen LogP contribution in [-0.4, -0.2) is 47.1 Å². The molecule has 3 rings (SSSR count). The highest BCUT2D eigenvalue weighted by Gasteiger charge is 2.30. The smallest absolute Gasteiger partial charge is 0.137 e. The highest BCUT2D eigenvalue weighted by molar-refractivity contribution is 6.30. The number of aromatic nitrogens is 2. The van der Waals surface area contributed by atoms with Crippen molar-refractivity contribution in [3.05, 3.63) is 17.0 Å². The molecule has 0 amide bonds. The van der Waals surface area contributed by atoms with Gasteiger partial charge in [0, 0.05) is 31.2 Å². The maximum Gasteiger partial charge on any atom is 0.137 e. The molecule has 2 fully saturated rings. The Labute approximate surface area is 126 Å². The van der Waals surface area contributed by atoms with Crippen LogP contribution in [0.1, 0.15) is 38.2 Å². The fraction of sp³-hybridized carbons (Fsp3) is 0.733. The Kier molecular flexibility index (Phi) is 4.41. The van der Waals surface area contributed by atoms with Gasteiger partial charge in [-0.1, -0.05) is 31.4 Å².